The Kier molecular flexibility index (Phi) is 5.17. The van der Waals surface area contributed by atoms with Crippen molar-refractivity contribution in [2.45, 2.75) is 13.5 Å². The number of hydrogen-bond donors (Lipinski definition) is 2. The van der Waals surface area contributed by atoms with Gasteiger partial charge in [0.2, 0.25) is 11.7 Å². The molecule has 1 amide bonds. The van der Waals surface area contributed by atoms with Crippen LogP contribution in [0, 0.1) is 0 Å². The number of aromatic carboxylic acids is 1. The first kappa shape index (κ1) is 19.2. The van der Waals surface area contributed by atoms with Gasteiger partial charge in [-0.25, -0.2) is 4.79 Å². The zero-order chi connectivity index (χ0) is 21.1. The van der Waals surface area contributed by atoms with E-state index in [2.05, 4.69) is 10.3 Å². The van der Waals surface area contributed by atoms with Crippen molar-refractivity contribution < 1.29 is 19.1 Å². The molecule has 0 aliphatic carbocycles. The summed E-state index contributed by atoms with van der Waals surface area (Å²) in [6.45, 7) is 1.88. The standard InChI is InChI=1S/C23H19N3O4/c1-15(27)25-18-8-6-17(7-9-18)24-12-16-13-26(21-5-3-2-4-20(16)21)14-19-10-11-22(30-19)23(28)29/h2-13H,14H2,1H3,(H,25,27)(H,28,29). The summed E-state index contributed by atoms with van der Waals surface area (Å²) in [6, 6.07) is 18.3. The van der Waals surface area contributed by atoms with Gasteiger partial charge in [-0.1, -0.05) is 18.2 Å². The Morgan fingerprint density at radius 3 is 2.57 bits per heavy atom. The minimum Gasteiger partial charge on any atom is -0.475 e. The van der Waals surface area contributed by atoms with Crippen molar-refractivity contribution in [3.63, 3.8) is 0 Å². The molecular formula is C23H19N3O4. The molecule has 0 saturated heterocycles. The molecule has 0 aliphatic heterocycles. The van der Waals surface area contributed by atoms with Crippen molar-refractivity contribution in [1.29, 1.82) is 0 Å². The molecule has 30 heavy (non-hydrogen) atoms. The molecule has 7 nitrogen and oxygen atoms in total. The molecule has 0 unspecified atom stereocenters. The molecule has 0 saturated carbocycles. The zero-order valence-corrected chi connectivity index (χ0v) is 16.2. The number of hydrogen-bond acceptors (Lipinski definition) is 4. The van der Waals surface area contributed by atoms with Gasteiger partial charge in [-0.3, -0.25) is 9.79 Å². The maximum atomic E-state index is 11.1. The van der Waals surface area contributed by atoms with Gasteiger partial charge in [0, 0.05) is 41.5 Å². The smallest absolute Gasteiger partial charge is 0.371 e. The van der Waals surface area contributed by atoms with Crippen molar-refractivity contribution in [2.24, 2.45) is 4.99 Å². The van der Waals surface area contributed by atoms with Gasteiger partial charge in [-0.2, -0.15) is 0 Å². The molecule has 150 valence electrons. The average Bonchev–Trinajstić information content (AvgIpc) is 3.33. The van der Waals surface area contributed by atoms with Gasteiger partial charge in [0.15, 0.2) is 0 Å². The molecule has 7 heteroatoms. The van der Waals surface area contributed by atoms with Crippen LogP contribution in [0.5, 0.6) is 0 Å². The van der Waals surface area contributed by atoms with Gasteiger partial charge < -0.3 is 19.4 Å². The third kappa shape index (κ3) is 4.15. The van der Waals surface area contributed by atoms with E-state index < -0.39 is 5.97 Å². The molecule has 2 N–H and O–H groups in total. The van der Waals surface area contributed by atoms with Crippen LogP contribution in [-0.2, 0) is 11.3 Å². The van der Waals surface area contributed by atoms with E-state index >= 15 is 0 Å². The number of carboxylic acids is 1. The summed E-state index contributed by atoms with van der Waals surface area (Å²) in [5, 5.41) is 12.8. The minimum atomic E-state index is -1.09. The van der Waals surface area contributed by atoms with Crippen molar-refractivity contribution in [1.82, 2.24) is 4.57 Å². The van der Waals surface area contributed by atoms with Gasteiger partial charge in [0.25, 0.3) is 0 Å². The number of nitrogens with zero attached hydrogens (tertiary/aromatic N) is 2. The van der Waals surface area contributed by atoms with Crippen LogP contribution in [0.2, 0.25) is 0 Å². The molecule has 0 atom stereocenters. The van der Waals surface area contributed by atoms with Crippen LogP contribution in [0.25, 0.3) is 10.9 Å². The lowest BCUT2D eigenvalue weighted by atomic mass is 10.2. The summed E-state index contributed by atoms with van der Waals surface area (Å²) < 4.78 is 7.39. The predicted octanol–water partition coefficient (Wildman–Crippen LogP) is 4.69. The number of furan rings is 1. The number of para-hydroxylation sites is 1. The van der Waals surface area contributed by atoms with Crippen LogP contribution in [0.1, 0.15) is 28.8 Å². The SMILES string of the molecule is CC(=O)Nc1ccc(N=Cc2cn(Cc3ccc(C(=O)O)o3)c3ccccc23)cc1. The van der Waals surface area contributed by atoms with Crippen LogP contribution in [-0.4, -0.2) is 27.8 Å². The third-order valence-electron chi connectivity index (χ3n) is 4.56. The summed E-state index contributed by atoms with van der Waals surface area (Å²) in [4.78, 5) is 26.7. The van der Waals surface area contributed by atoms with Gasteiger partial charge in [-0.05, 0) is 42.5 Å². The quantitative estimate of drug-likeness (QED) is 0.458. The van der Waals surface area contributed by atoms with Crippen molar-refractivity contribution in [2.75, 3.05) is 5.32 Å². The Balaban J connectivity index is 1.60. The van der Waals surface area contributed by atoms with Crippen LogP contribution < -0.4 is 5.32 Å². The second kappa shape index (κ2) is 8.08. The predicted molar refractivity (Wildman–Crippen MR) is 115 cm³/mol. The number of aliphatic imine (C=N–C) groups is 1. The number of carboxylic acid groups (broad SMARTS) is 1. The maximum Gasteiger partial charge on any atom is 0.371 e. The highest BCUT2D eigenvalue weighted by Gasteiger charge is 2.12. The van der Waals surface area contributed by atoms with E-state index in [9.17, 15) is 9.59 Å². The number of aromatic nitrogens is 1. The minimum absolute atomic E-state index is 0.0778. The first-order chi connectivity index (χ1) is 14.5. The van der Waals surface area contributed by atoms with E-state index in [1.807, 2.05) is 47.2 Å². The van der Waals surface area contributed by atoms with Crippen molar-refractivity contribution in [3.8, 4) is 0 Å². The molecule has 4 rings (SSSR count). The summed E-state index contributed by atoms with van der Waals surface area (Å²) in [6.07, 6.45) is 3.75. The fraction of sp³-hybridized carbons (Fsp3) is 0.0870. The number of rotatable bonds is 6. The van der Waals surface area contributed by atoms with E-state index in [1.54, 1.807) is 24.4 Å². The average molecular weight is 401 g/mol. The highest BCUT2D eigenvalue weighted by Crippen LogP contribution is 2.23. The highest BCUT2D eigenvalue weighted by molar-refractivity contribution is 6.00. The van der Waals surface area contributed by atoms with Gasteiger partial charge in [0.05, 0.1) is 12.2 Å². The fourth-order valence-corrected chi connectivity index (χ4v) is 3.23. The Bertz CT molecular complexity index is 1250. The second-order valence-corrected chi connectivity index (χ2v) is 6.79. The van der Waals surface area contributed by atoms with Gasteiger partial charge >= 0.3 is 5.97 Å². The molecule has 0 radical (unpaired) electrons. The third-order valence-corrected chi connectivity index (χ3v) is 4.56. The van der Waals surface area contributed by atoms with Crippen LogP contribution in [0.3, 0.4) is 0 Å². The molecule has 2 aromatic heterocycles. The number of carbonyl (C=O) groups is 2. The number of nitrogens with one attached hydrogen (secondary N) is 1. The van der Waals surface area contributed by atoms with E-state index in [0.717, 1.165) is 27.8 Å². The Morgan fingerprint density at radius 1 is 1.10 bits per heavy atom. The molecule has 4 aromatic rings. The maximum absolute atomic E-state index is 11.1. The molecule has 0 aliphatic rings. The normalized spacial score (nSPS) is 11.2. The van der Waals surface area contributed by atoms with E-state index in [4.69, 9.17) is 9.52 Å². The lowest BCUT2D eigenvalue weighted by molar-refractivity contribution is -0.114. The molecule has 0 spiro atoms. The van der Waals surface area contributed by atoms with E-state index in [1.165, 1.54) is 13.0 Å². The zero-order valence-electron chi connectivity index (χ0n) is 16.2. The summed E-state index contributed by atoms with van der Waals surface area (Å²) in [5.41, 5.74) is 3.41. The number of amides is 1. The first-order valence-corrected chi connectivity index (χ1v) is 9.31. The Morgan fingerprint density at radius 2 is 1.87 bits per heavy atom. The van der Waals surface area contributed by atoms with Crippen LogP contribution >= 0.6 is 0 Å². The van der Waals surface area contributed by atoms with Gasteiger partial charge in [-0.15, -0.1) is 0 Å². The monoisotopic (exact) mass is 401 g/mol. The lowest BCUT2D eigenvalue weighted by Gasteiger charge is -2.02. The van der Waals surface area contributed by atoms with Crippen molar-refractivity contribution >= 4 is 40.4 Å². The Hall–Kier alpha value is -4.13. The topological polar surface area (TPSA) is 96.8 Å². The second-order valence-electron chi connectivity index (χ2n) is 6.79. The molecule has 0 fully saturated rings. The first-order valence-electron chi connectivity index (χ1n) is 9.31. The number of fused-ring (bicyclic) bond motifs is 1. The molecule has 0 bridgehead atoms. The highest BCUT2D eigenvalue weighted by atomic mass is 16.4. The number of carbonyl (C=O) groups excluding carboxylic acids is 1. The lowest BCUT2D eigenvalue weighted by Crippen LogP contribution is -2.04. The molecule has 2 heterocycles. The summed E-state index contributed by atoms with van der Waals surface area (Å²) in [7, 11) is 0. The van der Waals surface area contributed by atoms with Crippen LogP contribution in [0.4, 0.5) is 11.4 Å². The van der Waals surface area contributed by atoms with Crippen molar-refractivity contribution in [3.05, 3.63) is 83.9 Å². The Labute approximate surface area is 172 Å². The molecule has 2 aromatic carbocycles. The van der Waals surface area contributed by atoms with E-state index in [-0.39, 0.29) is 11.7 Å². The van der Waals surface area contributed by atoms with E-state index in [0.29, 0.717) is 12.3 Å². The molecular weight excluding hydrogens is 382 g/mol. The summed E-state index contributed by atoms with van der Waals surface area (Å²) >= 11 is 0. The van der Waals surface area contributed by atoms with Gasteiger partial charge in [0.1, 0.15) is 5.76 Å². The number of anilines is 1. The largest absolute Gasteiger partial charge is 0.475 e. The number of benzene rings is 2. The van der Waals surface area contributed by atoms with Crippen LogP contribution in [0.15, 0.2) is 76.3 Å². The fourth-order valence-electron chi connectivity index (χ4n) is 3.23. The summed E-state index contributed by atoms with van der Waals surface area (Å²) in [5.74, 6) is -0.724.